The van der Waals surface area contributed by atoms with E-state index in [1.807, 2.05) is 16.7 Å². The fourth-order valence-electron chi connectivity index (χ4n) is 4.18. The van der Waals surface area contributed by atoms with E-state index >= 15 is 0 Å². The minimum atomic E-state index is -0.446. The van der Waals surface area contributed by atoms with Crippen LogP contribution in [0.5, 0.6) is 0 Å². The second-order valence-electron chi connectivity index (χ2n) is 7.60. The number of imidazole rings is 1. The Labute approximate surface area is 178 Å². The Morgan fingerprint density at radius 1 is 1.29 bits per heavy atom. The summed E-state index contributed by atoms with van der Waals surface area (Å²) in [7, 11) is 0. The van der Waals surface area contributed by atoms with Crippen molar-refractivity contribution in [3.8, 4) is 17.3 Å². The summed E-state index contributed by atoms with van der Waals surface area (Å²) in [6, 6.07) is 4.05. The van der Waals surface area contributed by atoms with Crippen LogP contribution in [0.15, 0.2) is 54.4 Å². The van der Waals surface area contributed by atoms with E-state index in [1.165, 1.54) is 12.1 Å². The first-order chi connectivity index (χ1) is 15.1. The van der Waals surface area contributed by atoms with E-state index in [0.717, 1.165) is 12.1 Å². The van der Waals surface area contributed by atoms with Gasteiger partial charge in [0.25, 0.3) is 11.8 Å². The molecule has 1 fully saturated rings. The van der Waals surface area contributed by atoms with Crippen LogP contribution in [0.25, 0.3) is 17.3 Å². The summed E-state index contributed by atoms with van der Waals surface area (Å²) < 4.78 is 21.2. The summed E-state index contributed by atoms with van der Waals surface area (Å²) in [6.45, 7) is 9.97. The first-order valence-corrected chi connectivity index (χ1v) is 10.1. The molecule has 9 heteroatoms. The molecule has 158 valence electrons. The van der Waals surface area contributed by atoms with Gasteiger partial charge in [0.2, 0.25) is 0 Å². The van der Waals surface area contributed by atoms with Crippen LogP contribution in [0.3, 0.4) is 0 Å². The largest absolute Gasteiger partial charge is 0.332 e. The lowest BCUT2D eigenvalue weighted by Gasteiger charge is -2.39. The van der Waals surface area contributed by atoms with Crippen molar-refractivity contribution in [2.45, 2.75) is 19.0 Å². The molecule has 1 saturated heterocycles. The topological polar surface area (TPSA) is 80.3 Å². The third-order valence-corrected chi connectivity index (χ3v) is 5.66. The van der Waals surface area contributed by atoms with Gasteiger partial charge in [-0.1, -0.05) is 17.3 Å². The second kappa shape index (κ2) is 7.59. The minimum Gasteiger partial charge on any atom is -0.332 e. The van der Waals surface area contributed by atoms with Gasteiger partial charge in [0.05, 0.1) is 29.5 Å². The maximum absolute atomic E-state index is 13.9. The maximum atomic E-state index is 13.9. The van der Waals surface area contributed by atoms with E-state index in [9.17, 15) is 9.18 Å². The van der Waals surface area contributed by atoms with Gasteiger partial charge in [-0.05, 0) is 24.6 Å². The third-order valence-electron chi connectivity index (χ3n) is 5.66. The average Bonchev–Trinajstić information content (AvgIpc) is 3.33. The molecule has 4 heterocycles. The quantitative estimate of drug-likeness (QED) is 0.547. The van der Waals surface area contributed by atoms with Crippen molar-refractivity contribution in [1.82, 2.24) is 29.5 Å². The van der Waals surface area contributed by atoms with Gasteiger partial charge in [-0.2, -0.15) is 4.98 Å². The van der Waals surface area contributed by atoms with Crippen molar-refractivity contribution < 1.29 is 13.7 Å². The molecule has 1 amide bonds. The van der Waals surface area contributed by atoms with Crippen LogP contribution in [0, 0.1) is 5.82 Å². The zero-order valence-corrected chi connectivity index (χ0v) is 16.9. The Morgan fingerprint density at radius 3 is 2.81 bits per heavy atom. The highest BCUT2D eigenvalue weighted by Crippen LogP contribution is 2.43. The molecule has 2 aromatic heterocycles. The van der Waals surface area contributed by atoms with Crippen molar-refractivity contribution in [1.29, 1.82) is 0 Å². The van der Waals surface area contributed by atoms with E-state index in [1.54, 1.807) is 17.3 Å². The number of amides is 1. The highest BCUT2D eigenvalue weighted by Gasteiger charge is 2.42. The fourth-order valence-corrected chi connectivity index (χ4v) is 4.18. The van der Waals surface area contributed by atoms with Gasteiger partial charge < -0.3 is 9.42 Å². The van der Waals surface area contributed by atoms with E-state index in [2.05, 4.69) is 33.2 Å². The second-order valence-corrected chi connectivity index (χ2v) is 7.60. The summed E-state index contributed by atoms with van der Waals surface area (Å²) in [6.07, 6.45) is 6.03. The summed E-state index contributed by atoms with van der Waals surface area (Å²) in [5.41, 5.74) is 2.26. The minimum absolute atomic E-state index is 0.172. The molecule has 8 nitrogen and oxygen atoms in total. The van der Waals surface area contributed by atoms with Crippen LogP contribution in [-0.4, -0.2) is 55.0 Å². The number of benzene rings is 1. The first kappa shape index (κ1) is 19.4. The smallest absolute Gasteiger partial charge is 0.278 e. The van der Waals surface area contributed by atoms with Gasteiger partial charge in [-0.15, -0.1) is 13.2 Å². The molecule has 0 N–H and O–H groups in total. The van der Waals surface area contributed by atoms with Crippen molar-refractivity contribution in [3.05, 3.63) is 72.7 Å². The Bertz CT molecular complexity index is 1170. The van der Waals surface area contributed by atoms with Crippen LogP contribution in [0.1, 0.15) is 34.3 Å². The molecule has 0 spiro atoms. The number of fused-ring (bicyclic) bond motifs is 5. The lowest BCUT2D eigenvalue weighted by Crippen LogP contribution is -2.44. The lowest BCUT2D eigenvalue weighted by atomic mass is 9.97. The molecule has 2 aliphatic rings. The van der Waals surface area contributed by atoms with Gasteiger partial charge in [0.1, 0.15) is 12.1 Å². The Kier molecular flexibility index (Phi) is 4.74. The van der Waals surface area contributed by atoms with Crippen molar-refractivity contribution in [2.75, 3.05) is 19.6 Å². The van der Waals surface area contributed by atoms with Crippen molar-refractivity contribution in [2.24, 2.45) is 0 Å². The molecule has 1 atom stereocenters. The van der Waals surface area contributed by atoms with Gasteiger partial charge in [-0.25, -0.2) is 9.37 Å². The Morgan fingerprint density at radius 2 is 2.10 bits per heavy atom. The fraction of sp³-hybridized carbons (Fsp3) is 0.273. The van der Waals surface area contributed by atoms with Gasteiger partial charge in [0.15, 0.2) is 11.5 Å². The van der Waals surface area contributed by atoms with Crippen LogP contribution < -0.4 is 0 Å². The molecule has 3 aromatic rings. The number of rotatable bonds is 7. The highest BCUT2D eigenvalue weighted by molar-refractivity contribution is 5.99. The van der Waals surface area contributed by atoms with E-state index in [4.69, 9.17) is 4.52 Å². The average molecular weight is 420 g/mol. The number of hydrogen-bond acceptors (Lipinski definition) is 6. The van der Waals surface area contributed by atoms with Crippen LogP contribution in [0.4, 0.5) is 4.39 Å². The van der Waals surface area contributed by atoms with Gasteiger partial charge in [-0.3, -0.25) is 14.3 Å². The van der Waals surface area contributed by atoms with Crippen LogP contribution in [-0.2, 0) is 6.54 Å². The predicted molar refractivity (Wildman–Crippen MR) is 111 cm³/mol. The van der Waals surface area contributed by atoms with Gasteiger partial charge in [0, 0.05) is 19.6 Å². The third kappa shape index (κ3) is 3.17. The monoisotopic (exact) mass is 420 g/mol. The summed E-state index contributed by atoms with van der Waals surface area (Å²) in [4.78, 5) is 25.8. The molecule has 31 heavy (non-hydrogen) atoms. The molecule has 0 unspecified atom stereocenters. The summed E-state index contributed by atoms with van der Waals surface area (Å²) >= 11 is 0. The maximum Gasteiger partial charge on any atom is 0.278 e. The predicted octanol–water partition coefficient (Wildman–Crippen LogP) is 3.14. The van der Waals surface area contributed by atoms with Crippen LogP contribution in [0.2, 0.25) is 0 Å². The van der Waals surface area contributed by atoms with E-state index in [0.29, 0.717) is 54.8 Å². The zero-order chi connectivity index (χ0) is 21.5. The Hall–Kier alpha value is -3.59. The number of carbonyl (C=O) groups is 1. The van der Waals surface area contributed by atoms with Crippen molar-refractivity contribution in [3.63, 3.8) is 0 Å². The van der Waals surface area contributed by atoms with E-state index in [-0.39, 0.29) is 11.9 Å². The lowest BCUT2D eigenvalue weighted by molar-refractivity contribution is 0.0461. The van der Waals surface area contributed by atoms with Gasteiger partial charge >= 0.3 is 0 Å². The van der Waals surface area contributed by atoms with Crippen molar-refractivity contribution >= 4 is 5.91 Å². The highest BCUT2D eigenvalue weighted by atomic mass is 19.1. The molecule has 0 radical (unpaired) electrons. The molecular weight excluding hydrogens is 399 g/mol. The molecule has 5 rings (SSSR count). The number of hydrogen-bond donors (Lipinski definition) is 0. The SMILES string of the molecule is C=CCN(CC=C)Cc1noc(-c2ncn3c2[C@@H]2CCN2C(=O)c2cc(F)ccc2-3)n1. The molecular formula is C22H21FN6O2. The number of aromatic nitrogens is 4. The molecule has 2 aliphatic heterocycles. The van der Waals surface area contributed by atoms with E-state index < -0.39 is 5.82 Å². The summed E-state index contributed by atoms with van der Waals surface area (Å²) in [5.74, 6) is 0.193. The Balaban J connectivity index is 1.54. The number of halogens is 1. The van der Waals surface area contributed by atoms with Crippen LogP contribution >= 0.6 is 0 Å². The first-order valence-electron chi connectivity index (χ1n) is 10.1. The zero-order valence-electron chi connectivity index (χ0n) is 16.9. The summed E-state index contributed by atoms with van der Waals surface area (Å²) in [5, 5.41) is 4.11. The molecule has 0 aliphatic carbocycles. The molecule has 1 aromatic carbocycles. The standard InChI is InChI=1S/C22H21FN6O2/c1-3-8-27(9-4-2)12-18-25-21(31-26-18)19-20-17-7-10-28(17)22(30)15-11-14(23)5-6-16(15)29(20)13-24-19/h3-6,11,13,17H,1-2,7-10,12H2/t17-/m0/s1. The normalized spacial score (nSPS) is 16.9. The number of nitrogens with zero attached hydrogens (tertiary/aromatic N) is 6. The molecule has 0 bridgehead atoms. The number of carbonyl (C=O) groups excluding carboxylic acids is 1. The molecule has 0 saturated carbocycles.